The largest absolute Gasteiger partial charge is 0.354 e. The van der Waals surface area contributed by atoms with E-state index in [0.29, 0.717) is 15.7 Å². The van der Waals surface area contributed by atoms with Crippen LogP contribution in [0.4, 0.5) is 27.4 Å². The number of halogens is 2. The topological polar surface area (TPSA) is 119 Å². The highest BCUT2D eigenvalue weighted by molar-refractivity contribution is 9.10. The summed E-state index contributed by atoms with van der Waals surface area (Å²) in [5.41, 5.74) is 2.72. The van der Waals surface area contributed by atoms with Gasteiger partial charge >= 0.3 is 5.69 Å². The minimum atomic E-state index is -0.678. The molecule has 1 aromatic heterocycles. The van der Waals surface area contributed by atoms with Crippen LogP contribution in [-0.2, 0) is 0 Å². The first kappa shape index (κ1) is 15.1. The number of nitrogens with zero attached hydrogens (tertiary/aromatic N) is 3. The molecule has 1 aromatic carbocycles. The monoisotopic (exact) mass is 356 g/mol. The number of nitrogens with one attached hydrogen (secondary N) is 2. The van der Waals surface area contributed by atoms with Crippen molar-refractivity contribution in [2.75, 3.05) is 10.7 Å². The molecule has 0 aliphatic carbocycles. The number of nitrogens with two attached hydrogens (primary N) is 1. The average Bonchev–Trinajstić information content (AvgIpc) is 2.44. The number of nitrogen functional groups attached to an aromatic ring is 1. The second kappa shape index (κ2) is 5.97. The third-order valence-electron chi connectivity index (χ3n) is 2.66. The molecule has 0 saturated heterocycles. The normalized spacial score (nSPS) is 10.3. The third kappa shape index (κ3) is 3.06. The van der Waals surface area contributed by atoms with Crippen LogP contribution in [0, 0.1) is 22.9 Å². The first-order valence-electron chi connectivity index (χ1n) is 5.62. The molecule has 0 bridgehead atoms. The summed E-state index contributed by atoms with van der Waals surface area (Å²) in [6.45, 7) is 1.72. The molecular formula is C11H10BrFN6O2. The second-order valence-corrected chi connectivity index (χ2v) is 4.88. The van der Waals surface area contributed by atoms with Crippen LogP contribution in [0.2, 0.25) is 0 Å². The Labute approximate surface area is 126 Å². The molecule has 2 rings (SSSR count). The van der Waals surface area contributed by atoms with Crippen LogP contribution in [0.3, 0.4) is 0 Å². The van der Waals surface area contributed by atoms with Gasteiger partial charge in [-0.3, -0.25) is 10.1 Å². The van der Waals surface area contributed by atoms with Gasteiger partial charge in [-0.25, -0.2) is 20.2 Å². The molecule has 8 nitrogen and oxygen atoms in total. The smallest absolute Gasteiger partial charge is 0.334 e. The van der Waals surface area contributed by atoms with E-state index in [4.69, 9.17) is 5.84 Å². The van der Waals surface area contributed by atoms with Gasteiger partial charge in [0.1, 0.15) is 12.1 Å². The zero-order valence-electron chi connectivity index (χ0n) is 10.7. The summed E-state index contributed by atoms with van der Waals surface area (Å²) in [6.07, 6.45) is 1.11. The summed E-state index contributed by atoms with van der Waals surface area (Å²) in [7, 11) is 0. The standard InChI is InChI=1S/C11H10BrFN6O2/c1-5-2-6(12)7(13)3-8(5)17-10-9(19(20)21)11(18-14)16-4-15-10/h2-4H,14H2,1H3,(H2,15,16,17,18). The molecular weight excluding hydrogens is 347 g/mol. The van der Waals surface area contributed by atoms with E-state index in [9.17, 15) is 14.5 Å². The van der Waals surface area contributed by atoms with Crippen molar-refractivity contribution in [3.05, 3.63) is 44.4 Å². The van der Waals surface area contributed by atoms with E-state index >= 15 is 0 Å². The molecule has 4 N–H and O–H groups in total. The highest BCUT2D eigenvalue weighted by Gasteiger charge is 2.23. The zero-order chi connectivity index (χ0) is 15.6. The molecule has 0 aliphatic heterocycles. The van der Waals surface area contributed by atoms with Crippen LogP contribution in [-0.4, -0.2) is 14.9 Å². The van der Waals surface area contributed by atoms with Crippen molar-refractivity contribution >= 4 is 38.9 Å². The lowest BCUT2D eigenvalue weighted by atomic mass is 10.2. The highest BCUT2D eigenvalue weighted by Crippen LogP contribution is 2.32. The lowest BCUT2D eigenvalue weighted by Crippen LogP contribution is -2.13. The number of hydrogen-bond acceptors (Lipinski definition) is 7. The van der Waals surface area contributed by atoms with Gasteiger partial charge in [0.2, 0.25) is 11.6 Å². The average molecular weight is 357 g/mol. The number of aryl methyl sites for hydroxylation is 1. The van der Waals surface area contributed by atoms with Crippen LogP contribution in [0.15, 0.2) is 22.9 Å². The van der Waals surface area contributed by atoms with E-state index in [-0.39, 0.29) is 11.6 Å². The van der Waals surface area contributed by atoms with Gasteiger partial charge in [-0.05, 0) is 40.5 Å². The van der Waals surface area contributed by atoms with Crippen LogP contribution in [0.25, 0.3) is 0 Å². The van der Waals surface area contributed by atoms with Crippen molar-refractivity contribution in [3.8, 4) is 0 Å². The van der Waals surface area contributed by atoms with Gasteiger partial charge in [0, 0.05) is 5.69 Å². The summed E-state index contributed by atoms with van der Waals surface area (Å²) in [5.74, 6) is 4.45. The Morgan fingerprint density at radius 2 is 2.05 bits per heavy atom. The Bertz CT molecular complexity index is 711. The molecule has 0 aliphatic rings. The number of aromatic nitrogens is 2. The molecule has 0 atom stereocenters. The Morgan fingerprint density at radius 3 is 2.67 bits per heavy atom. The van der Waals surface area contributed by atoms with Crippen LogP contribution >= 0.6 is 15.9 Å². The molecule has 1 heterocycles. The van der Waals surface area contributed by atoms with E-state index in [1.807, 2.05) is 0 Å². The summed E-state index contributed by atoms with van der Waals surface area (Å²) in [6, 6.07) is 2.76. The van der Waals surface area contributed by atoms with E-state index in [1.165, 1.54) is 6.07 Å². The van der Waals surface area contributed by atoms with Gasteiger partial charge in [0.25, 0.3) is 0 Å². The molecule has 10 heteroatoms. The fraction of sp³-hybridized carbons (Fsp3) is 0.0909. The van der Waals surface area contributed by atoms with Crippen molar-refractivity contribution in [3.63, 3.8) is 0 Å². The van der Waals surface area contributed by atoms with Gasteiger partial charge < -0.3 is 10.7 Å². The molecule has 0 spiro atoms. The van der Waals surface area contributed by atoms with Crippen molar-refractivity contribution in [1.82, 2.24) is 9.97 Å². The Balaban J connectivity index is 2.49. The first-order chi connectivity index (χ1) is 9.93. The number of hydrogen-bond donors (Lipinski definition) is 3. The number of hydrazine groups is 1. The summed E-state index contributed by atoms with van der Waals surface area (Å²) in [5, 5.41) is 13.8. The maximum Gasteiger partial charge on any atom is 0.354 e. The maximum atomic E-state index is 13.6. The number of anilines is 3. The number of benzene rings is 1. The van der Waals surface area contributed by atoms with Gasteiger partial charge in [-0.1, -0.05) is 0 Å². The Kier molecular flexibility index (Phi) is 4.29. The maximum absolute atomic E-state index is 13.6. The van der Waals surface area contributed by atoms with Crippen molar-refractivity contribution in [2.24, 2.45) is 5.84 Å². The highest BCUT2D eigenvalue weighted by atomic mass is 79.9. The molecule has 110 valence electrons. The third-order valence-corrected chi connectivity index (χ3v) is 3.27. The molecule has 0 fully saturated rings. The van der Waals surface area contributed by atoms with Crippen LogP contribution < -0.4 is 16.6 Å². The SMILES string of the molecule is Cc1cc(Br)c(F)cc1Nc1ncnc(NN)c1[N+](=O)[O-]. The summed E-state index contributed by atoms with van der Waals surface area (Å²) in [4.78, 5) is 17.9. The number of rotatable bonds is 4. The lowest BCUT2D eigenvalue weighted by molar-refractivity contribution is -0.383. The second-order valence-electron chi connectivity index (χ2n) is 4.03. The van der Waals surface area contributed by atoms with Crippen molar-refractivity contribution in [1.29, 1.82) is 0 Å². The van der Waals surface area contributed by atoms with E-state index in [1.54, 1.807) is 13.0 Å². The lowest BCUT2D eigenvalue weighted by Gasteiger charge is -2.11. The minimum absolute atomic E-state index is 0.0900. The van der Waals surface area contributed by atoms with Gasteiger partial charge in [0.15, 0.2) is 0 Å². The number of nitro groups is 1. The van der Waals surface area contributed by atoms with E-state index in [0.717, 1.165) is 6.33 Å². The zero-order valence-corrected chi connectivity index (χ0v) is 12.3. The fourth-order valence-electron chi connectivity index (χ4n) is 1.66. The van der Waals surface area contributed by atoms with Crippen molar-refractivity contribution in [2.45, 2.75) is 6.92 Å². The van der Waals surface area contributed by atoms with Gasteiger partial charge in [0.05, 0.1) is 9.40 Å². The Morgan fingerprint density at radius 1 is 1.38 bits per heavy atom. The summed E-state index contributed by atoms with van der Waals surface area (Å²) >= 11 is 3.06. The van der Waals surface area contributed by atoms with Crippen LogP contribution in [0.1, 0.15) is 5.56 Å². The predicted octanol–water partition coefficient (Wildman–Crippen LogP) is 2.62. The fourth-order valence-corrected chi connectivity index (χ4v) is 2.12. The van der Waals surface area contributed by atoms with E-state index < -0.39 is 16.4 Å². The Hall–Kier alpha value is -2.33. The molecule has 0 unspecified atom stereocenters. The molecule has 0 saturated carbocycles. The molecule has 0 amide bonds. The molecule has 0 radical (unpaired) electrons. The summed E-state index contributed by atoms with van der Waals surface area (Å²) < 4.78 is 13.9. The quantitative estimate of drug-likeness (QED) is 0.437. The van der Waals surface area contributed by atoms with E-state index in [2.05, 4.69) is 36.6 Å². The van der Waals surface area contributed by atoms with Gasteiger partial charge in [-0.15, -0.1) is 0 Å². The predicted molar refractivity (Wildman–Crippen MR) is 78.6 cm³/mol. The minimum Gasteiger partial charge on any atom is -0.334 e. The van der Waals surface area contributed by atoms with Gasteiger partial charge in [-0.2, -0.15) is 0 Å². The van der Waals surface area contributed by atoms with Crippen molar-refractivity contribution < 1.29 is 9.31 Å². The first-order valence-corrected chi connectivity index (χ1v) is 6.42. The van der Waals surface area contributed by atoms with Crippen LogP contribution in [0.5, 0.6) is 0 Å². The molecule has 21 heavy (non-hydrogen) atoms. The molecule has 2 aromatic rings.